The Bertz CT molecular complexity index is 631. The minimum Gasteiger partial charge on any atom is -0.462 e. The van der Waals surface area contributed by atoms with Gasteiger partial charge in [-0.15, -0.1) is 0 Å². The maximum absolute atomic E-state index is 12.0. The van der Waals surface area contributed by atoms with E-state index in [1.165, 1.54) is 10.9 Å². The second kappa shape index (κ2) is 4.29. The van der Waals surface area contributed by atoms with Crippen molar-refractivity contribution in [2.75, 3.05) is 12.4 Å². The van der Waals surface area contributed by atoms with Gasteiger partial charge in [-0.25, -0.2) is 4.79 Å². The molecule has 1 heterocycles. The number of carbonyl (C=O) groups excluding carboxylic acids is 1. The molecule has 0 aliphatic rings. The Morgan fingerprint density at radius 3 is 2.82 bits per heavy atom. The highest BCUT2D eigenvalue weighted by atomic mass is 16.5. The first kappa shape index (κ1) is 11.2. The molecular weight excluding hydrogens is 220 g/mol. The van der Waals surface area contributed by atoms with E-state index in [1.54, 1.807) is 31.2 Å². The second-order valence-corrected chi connectivity index (χ2v) is 3.52. The number of para-hydroxylation sites is 1. The third-order valence-corrected chi connectivity index (χ3v) is 2.44. The van der Waals surface area contributed by atoms with Crippen LogP contribution in [0.3, 0.4) is 0 Å². The molecule has 0 amide bonds. The van der Waals surface area contributed by atoms with Gasteiger partial charge in [-0.3, -0.25) is 9.47 Å². The van der Waals surface area contributed by atoms with Crippen molar-refractivity contribution in [1.29, 1.82) is 0 Å². The molecule has 0 radical (unpaired) electrons. The first-order valence-electron chi connectivity index (χ1n) is 5.21. The maximum Gasteiger partial charge on any atom is 0.343 e. The quantitative estimate of drug-likeness (QED) is 0.616. The van der Waals surface area contributed by atoms with Crippen molar-refractivity contribution in [2.45, 2.75) is 6.92 Å². The average molecular weight is 232 g/mol. The average Bonchev–Trinajstić information content (AvgIpc) is 2.34. The molecule has 0 unspecified atom stereocenters. The van der Waals surface area contributed by atoms with Gasteiger partial charge in [0.05, 0.1) is 12.1 Å². The lowest BCUT2D eigenvalue weighted by atomic mass is 10.1. The van der Waals surface area contributed by atoms with Gasteiger partial charge in [-0.2, -0.15) is 0 Å². The molecule has 5 nitrogen and oxygen atoms in total. The summed E-state index contributed by atoms with van der Waals surface area (Å²) >= 11 is 0. The van der Waals surface area contributed by atoms with Crippen molar-refractivity contribution in [3.8, 4) is 0 Å². The highest BCUT2D eigenvalue weighted by Crippen LogP contribution is 2.09. The minimum absolute atomic E-state index is 0.0481. The third kappa shape index (κ3) is 1.87. The molecule has 5 heteroatoms. The fraction of sp³-hybridized carbons (Fsp3) is 0.167. The van der Waals surface area contributed by atoms with E-state index in [1.807, 2.05) is 0 Å². The Labute approximate surface area is 97.4 Å². The fourth-order valence-corrected chi connectivity index (χ4v) is 1.66. The molecule has 17 heavy (non-hydrogen) atoms. The van der Waals surface area contributed by atoms with Gasteiger partial charge in [0.1, 0.15) is 5.56 Å². The summed E-state index contributed by atoms with van der Waals surface area (Å²) < 4.78 is 6.06. The van der Waals surface area contributed by atoms with E-state index in [9.17, 15) is 9.59 Å². The van der Waals surface area contributed by atoms with E-state index in [4.69, 9.17) is 10.6 Å². The van der Waals surface area contributed by atoms with Crippen molar-refractivity contribution in [3.05, 3.63) is 46.2 Å². The summed E-state index contributed by atoms with van der Waals surface area (Å²) in [6.45, 7) is 1.90. The van der Waals surface area contributed by atoms with Gasteiger partial charge in [0.2, 0.25) is 5.43 Å². The van der Waals surface area contributed by atoms with Gasteiger partial charge in [-0.1, -0.05) is 12.1 Å². The number of nitrogens with zero attached hydrogens (tertiary/aromatic N) is 1. The summed E-state index contributed by atoms with van der Waals surface area (Å²) in [5, 5.41) is 0.403. The molecule has 0 aliphatic carbocycles. The van der Waals surface area contributed by atoms with E-state index in [2.05, 4.69) is 0 Å². The van der Waals surface area contributed by atoms with Gasteiger partial charge in [0.15, 0.2) is 0 Å². The van der Waals surface area contributed by atoms with E-state index >= 15 is 0 Å². The van der Waals surface area contributed by atoms with Gasteiger partial charge in [0.25, 0.3) is 0 Å². The molecule has 0 saturated carbocycles. The summed E-state index contributed by atoms with van der Waals surface area (Å²) in [7, 11) is 0. The molecule has 1 aromatic carbocycles. The Balaban J connectivity index is 2.71. The maximum atomic E-state index is 12.0. The highest BCUT2D eigenvalue weighted by molar-refractivity contribution is 5.93. The van der Waals surface area contributed by atoms with Crippen molar-refractivity contribution >= 4 is 16.9 Å². The number of hydrogen-bond acceptors (Lipinski definition) is 4. The van der Waals surface area contributed by atoms with Crippen LogP contribution in [0.1, 0.15) is 17.3 Å². The van der Waals surface area contributed by atoms with Gasteiger partial charge < -0.3 is 10.6 Å². The summed E-state index contributed by atoms with van der Waals surface area (Å²) in [5.74, 6) is 5.08. The fourth-order valence-electron chi connectivity index (χ4n) is 1.66. The molecule has 0 fully saturated rings. The van der Waals surface area contributed by atoms with Gasteiger partial charge in [0, 0.05) is 11.6 Å². The number of hydrogen-bond donors (Lipinski definition) is 1. The number of aromatic nitrogens is 1. The largest absolute Gasteiger partial charge is 0.462 e. The zero-order chi connectivity index (χ0) is 12.4. The molecule has 2 rings (SSSR count). The molecule has 2 N–H and O–H groups in total. The zero-order valence-corrected chi connectivity index (χ0v) is 9.34. The number of ether oxygens (including phenoxy) is 1. The summed E-state index contributed by atoms with van der Waals surface area (Å²) in [6, 6.07) is 6.84. The van der Waals surface area contributed by atoms with E-state index in [-0.39, 0.29) is 17.6 Å². The number of nitrogen functional groups attached to an aromatic ring is 1. The van der Waals surface area contributed by atoms with Gasteiger partial charge >= 0.3 is 5.97 Å². The van der Waals surface area contributed by atoms with Crippen molar-refractivity contribution in [2.24, 2.45) is 0 Å². The number of nitrogens with two attached hydrogens (primary N) is 1. The predicted octanol–water partition coefficient (Wildman–Crippen LogP) is 0.892. The van der Waals surface area contributed by atoms with E-state index in [0.717, 1.165) is 0 Å². The Morgan fingerprint density at radius 2 is 2.12 bits per heavy atom. The van der Waals surface area contributed by atoms with Crippen molar-refractivity contribution in [3.63, 3.8) is 0 Å². The van der Waals surface area contributed by atoms with Crippen LogP contribution in [0.2, 0.25) is 0 Å². The number of rotatable bonds is 2. The Kier molecular flexibility index (Phi) is 2.82. The number of fused-ring (bicyclic) bond motifs is 1. The van der Waals surface area contributed by atoms with E-state index in [0.29, 0.717) is 10.9 Å². The van der Waals surface area contributed by atoms with Crippen LogP contribution in [0, 0.1) is 0 Å². The number of esters is 1. The number of benzene rings is 1. The van der Waals surface area contributed by atoms with Crippen LogP contribution in [0.5, 0.6) is 0 Å². The molecule has 88 valence electrons. The summed E-state index contributed by atoms with van der Waals surface area (Å²) in [5.41, 5.74) is 0.166. The molecule has 0 saturated heterocycles. The molecular formula is C12H12N2O3. The standard InChI is InChI=1S/C12H12N2O3/c1-2-17-12(16)9-7-14(13)10-6-4-3-5-8(10)11(9)15/h3-7H,2,13H2,1H3. The number of carbonyl (C=O) groups is 1. The monoisotopic (exact) mass is 232 g/mol. The SMILES string of the molecule is CCOC(=O)c1cn(N)c2ccccc2c1=O. The second-order valence-electron chi connectivity index (χ2n) is 3.52. The van der Waals surface area contributed by atoms with Crippen molar-refractivity contribution < 1.29 is 9.53 Å². The third-order valence-electron chi connectivity index (χ3n) is 2.44. The Hall–Kier alpha value is -2.30. The van der Waals surface area contributed by atoms with Crippen LogP contribution < -0.4 is 11.3 Å². The van der Waals surface area contributed by atoms with Crippen molar-refractivity contribution in [1.82, 2.24) is 4.68 Å². The van der Waals surface area contributed by atoms with Crippen LogP contribution >= 0.6 is 0 Å². The topological polar surface area (TPSA) is 74.3 Å². The minimum atomic E-state index is -0.651. The summed E-state index contributed by atoms with van der Waals surface area (Å²) in [6.07, 6.45) is 1.29. The van der Waals surface area contributed by atoms with Crippen LogP contribution in [0.15, 0.2) is 35.3 Å². The lowest BCUT2D eigenvalue weighted by Gasteiger charge is -2.07. The highest BCUT2D eigenvalue weighted by Gasteiger charge is 2.15. The Morgan fingerprint density at radius 1 is 1.41 bits per heavy atom. The normalized spacial score (nSPS) is 10.4. The first-order valence-corrected chi connectivity index (χ1v) is 5.21. The lowest BCUT2D eigenvalue weighted by Crippen LogP contribution is -2.23. The predicted molar refractivity (Wildman–Crippen MR) is 64.3 cm³/mol. The van der Waals surface area contributed by atoms with Crippen LogP contribution in [0.4, 0.5) is 0 Å². The molecule has 0 spiro atoms. The molecule has 0 aliphatic heterocycles. The number of pyridine rings is 1. The molecule has 2 aromatic rings. The molecule has 0 bridgehead atoms. The lowest BCUT2D eigenvalue weighted by molar-refractivity contribution is 0.0524. The van der Waals surface area contributed by atoms with Crippen LogP contribution in [-0.2, 0) is 4.74 Å². The first-order chi connectivity index (χ1) is 8.15. The zero-order valence-electron chi connectivity index (χ0n) is 9.34. The van der Waals surface area contributed by atoms with Crippen LogP contribution in [-0.4, -0.2) is 17.3 Å². The van der Waals surface area contributed by atoms with Crippen LogP contribution in [0.25, 0.3) is 10.9 Å². The van der Waals surface area contributed by atoms with E-state index < -0.39 is 5.97 Å². The summed E-state index contributed by atoms with van der Waals surface area (Å²) in [4.78, 5) is 23.6. The molecule has 1 aromatic heterocycles. The molecule has 0 atom stereocenters. The van der Waals surface area contributed by atoms with Gasteiger partial charge in [-0.05, 0) is 19.1 Å². The smallest absolute Gasteiger partial charge is 0.343 e.